The topological polar surface area (TPSA) is 70.4 Å². The lowest BCUT2D eigenvalue weighted by Gasteiger charge is -2.08. The van der Waals surface area contributed by atoms with Crippen LogP contribution in [0.1, 0.15) is 16.8 Å². The Morgan fingerprint density at radius 3 is 2.50 bits per heavy atom. The van der Waals surface area contributed by atoms with Crippen LogP contribution in [0.5, 0.6) is 0 Å². The van der Waals surface area contributed by atoms with Crippen LogP contribution in [0.4, 0.5) is 0 Å². The second-order valence-electron chi connectivity index (χ2n) is 5.16. The van der Waals surface area contributed by atoms with Crippen LogP contribution in [0.25, 0.3) is 6.08 Å². The Morgan fingerprint density at radius 2 is 1.88 bits per heavy atom. The van der Waals surface area contributed by atoms with Gasteiger partial charge in [0, 0.05) is 27.2 Å². The number of methoxy groups -OCH3 is 1. The summed E-state index contributed by atoms with van der Waals surface area (Å²) in [6, 6.07) is 5.20. The van der Waals surface area contributed by atoms with E-state index in [4.69, 9.17) is 39.5 Å². The lowest BCUT2D eigenvalue weighted by atomic mass is 10.2. The van der Waals surface area contributed by atoms with E-state index in [0.717, 1.165) is 6.08 Å². The predicted molar refractivity (Wildman–Crippen MR) is 99.5 cm³/mol. The molecule has 0 aliphatic carbocycles. The molecular formula is C17H15Cl3N2O4. The van der Waals surface area contributed by atoms with E-state index in [9.17, 15) is 9.59 Å². The summed E-state index contributed by atoms with van der Waals surface area (Å²) in [7, 11) is 1.20. The van der Waals surface area contributed by atoms with Gasteiger partial charge in [-0.25, -0.2) is 14.3 Å². The number of nitrogens with zero attached hydrogens (tertiary/aromatic N) is 2. The van der Waals surface area contributed by atoms with Crippen molar-refractivity contribution in [2.75, 3.05) is 13.7 Å². The number of carbonyl (C=O) groups is 2. The fourth-order valence-corrected chi connectivity index (χ4v) is 2.90. The van der Waals surface area contributed by atoms with Gasteiger partial charge in [-0.3, -0.25) is 0 Å². The molecule has 0 saturated carbocycles. The molecule has 0 atom stereocenters. The molecule has 0 N–H and O–H groups in total. The Labute approximate surface area is 165 Å². The van der Waals surface area contributed by atoms with Crippen LogP contribution in [0.15, 0.2) is 24.3 Å². The summed E-state index contributed by atoms with van der Waals surface area (Å²) in [5, 5.41) is 5.67. The molecule has 0 radical (unpaired) electrons. The van der Waals surface area contributed by atoms with E-state index in [1.54, 1.807) is 25.1 Å². The highest BCUT2D eigenvalue weighted by Gasteiger charge is 2.15. The fourth-order valence-electron chi connectivity index (χ4n) is 2.08. The third-order valence-corrected chi connectivity index (χ3v) is 4.53. The van der Waals surface area contributed by atoms with Gasteiger partial charge in [0.25, 0.3) is 0 Å². The van der Waals surface area contributed by atoms with Crippen molar-refractivity contribution in [1.82, 2.24) is 9.78 Å². The van der Waals surface area contributed by atoms with Gasteiger partial charge in [-0.05, 0) is 25.1 Å². The van der Waals surface area contributed by atoms with E-state index in [0.29, 0.717) is 32.0 Å². The molecule has 2 rings (SSSR count). The molecule has 9 heteroatoms. The molecule has 0 bridgehead atoms. The van der Waals surface area contributed by atoms with Gasteiger partial charge in [0.1, 0.15) is 5.15 Å². The molecule has 1 aromatic carbocycles. The molecule has 0 fully saturated rings. The van der Waals surface area contributed by atoms with Crippen molar-refractivity contribution in [3.8, 4) is 0 Å². The van der Waals surface area contributed by atoms with Crippen LogP contribution in [0, 0.1) is 6.92 Å². The summed E-state index contributed by atoms with van der Waals surface area (Å²) in [6.07, 6.45) is 2.63. The molecule has 6 nitrogen and oxygen atoms in total. The quantitative estimate of drug-likeness (QED) is 0.526. The first-order valence-corrected chi connectivity index (χ1v) is 8.54. The van der Waals surface area contributed by atoms with E-state index in [1.165, 1.54) is 17.9 Å². The van der Waals surface area contributed by atoms with Crippen molar-refractivity contribution in [3.63, 3.8) is 0 Å². The van der Waals surface area contributed by atoms with Crippen LogP contribution >= 0.6 is 34.8 Å². The maximum absolute atomic E-state index is 11.6. The highest BCUT2D eigenvalue weighted by Crippen LogP contribution is 2.28. The van der Waals surface area contributed by atoms with Crippen molar-refractivity contribution in [3.05, 3.63) is 56.3 Å². The largest absolute Gasteiger partial charge is 0.466 e. The third kappa shape index (κ3) is 5.00. The maximum Gasteiger partial charge on any atom is 0.344 e. The Balaban J connectivity index is 2.16. The Kier molecular flexibility index (Phi) is 7.08. The number of halogens is 3. The van der Waals surface area contributed by atoms with Gasteiger partial charge in [-0.1, -0.05) is 40.9 Å². The number of aryl methyl sites for hydroxylation is 1. The van der Waals surface area contributed by atoms with Crippen molar-refractivity contribution in [2.45, 2.75) is 13.5 Å². The minimum atomic E-state index is -0.701. The Bertz CT molecular complexity index is 842. The summed E-state index contributed by atoms with van der Waals surface area (Å²) in [4.78, 5) is 22.6. The molecule has 0 aliphatic heterocycles. The fraction of sp³-hybridized carbons (Fsp3) is 0.235. The summed E-state index contributed by atoms with van der Waals surface area (Å²) in [6.45, 7) is 1.56. The first-order valence-electron chi connectivity index (χ1n) is 7.41. The first kappa shape index (κ1) is 20.3. The zero-order valence-electron chi connectivity index (χ0n) is 14.0. The molecule has 0 amide bonds. The molecule has 0 aliphatic rings. The molecular weight excluding hydrogens is 403 g/mol. The Morgan fingerprint density at radius 1 is 1.23 bits per heavy atom. The predicted octanol–water partition coefficient (Wildman–Crippen LogP) is 3.93. The zero-order valence-corrected chi connectivity index (χ0v) is 16.2. The van der Waals surface area contributed by atoms with Crippen molar-refractivity contribution >= 4 is 52.8 Å². The number of ether oxygens (including phenoxy) is 2. The Hall–Kier alpha value is -2.02. The molecule has 26 heavy (non-hydrogen) atoms. The van der Waals surface area contributed by atoms with Crippen molar-refractivity contribution in [1.29, 1.82) is 0 Å². The van der Waals surface area contributed by atoms with E-state index in [2.05, 4.69) is 9.84 Å². The summed E-state index contributed by atoms with van der Waals surface area (Å²) < 4.78 is 10.6. The van der Waals surface area contributed by atoms with Gasteiger partial charge < -0.3 is 9.47 Å². The van der Waals surface area contributed by atoms with Crippen LogP contribution in [0.3, 0.4) is 0 Å². The van der Waals surface area contributed by atoms with E-state index >= 15 is 0 Å². The average Bonchev–Trinajstić information content (AvgIpc) is 2.87. The molecule has 0 saturated heterocycles. The van der Waals surface area contributed by atoms with Gasteiger partial charge in [-0.15, -0.1) is 0 Å². The summed E-state index contributed by atoms with van der Waals surface area (Å²) in [5.74, 6) is -1.35. The van der Waals surface area contributed by atoms with Crippen LogP contribution < -0.4 is 0 Å². The van der Waals surface area contributed by atoms with Gasteiger partial charge in [0.15, 0.2) is 6.61 Å². The zero-order chi connectivity index (χ0) is 19.3. The van der Waals surface area contributed by atoms with E-state index in [1.807, 2.05) is 0 Å². The highest BCUT2D eigenvalue weighted by molar-refractivity contribution is 6.36. The average molecular weight is 418 g/mol. The number of esters is 2. The van der Waals surface area contributed by atoms with Crippen molar-refractivity contribution in [2.24, 2.45) is 0 Å². The van der Waals surface area contributed by atoms with Crippen LogP contribution in [0.2, 0.25) is 15.2 Å². The molecule has 0 unspecified atom stereocenters. The third-order valence-electron chi connectivity index (χ3n) is 3.42. The lowest BCUT2D eigenvalue weighted by Crippen LogP contribution is -2.13. The maximum atomic E-state index is 11.6. The minimum Gasteiger partial charge on any atom is -0.466 e. The highest BCUT2D eigenvalue weighted by atomic mass is 35.5. The van der Waals surface area contributed by atoms with Crippen LogP contribution in [-0.4, -0.2) is 35.4 Å². The summed E-state index contributed by atoms with van der Waals surface area (Å²) >= 11 is 18.7. The standard InChI is InChI=1S/C17H15Cl3N2O4/c1-10-11(6-7-15(23)26-9-16(24)25-2)17(20)22(21-10)8-12-13(18)4-3-5-14(12)19/h3-7H,8-9H2,1-2H3/b7-6+. The number of hydrogen-bond donors (Lipinski definition) is 0. The van der Waals surface area contributed by atoms with Crippen molar-refractivity contribution < 1.29 is 19.1 Å². The van der Waals surface area contributed by atoms with Gasteiger partial charge in [0.05, 0.1) is 19.3 Å². The van der Waals surface area contributed by atoms with Crippen LogP contribution in [-0.2, 0) is 25.6 Å². The molecule has 138 valence electrons. The van der Waals surface area contributed by atoms with E-state index in [-0.39, 0.29) is 6.54 Å². The molecule has 1 aromatic heterocycles. The smallest absolute Gasteiger partial charge is 0.344 e. The molecule has 0 spiro atoms. The molecule has 1 heterocycles. The molecule has 2 aromatic rings. The number of aromatic nitrogens is 2. The number of carbonyl (C=O) groups excluding carboxylic acids is 2. The van der Waals surface area contributed by atoms with E-state index < -0.39 is 18.5 Å². The second-order valence-corrected chi connectivity index (χ2v) is 6.34. The normalized spacial score (nSPS) is 11.0. The lowest BCUT2D eigenvalue weighted by molar-refractivity contribution is -0.154. The van der Waals surface area contributed by atoms with Gasteiger partial charge in [0.2, 0.25) is 0 Å². The monoisotopic (exact) mass is 416 g/mol. The number of benzene rings is 1. The van der Waals surface area contributed by atoms with Gasteiger partial charge >= 0.3 is 11.9 Å². The minimum absolute atomic E-state index is 0.277. The second kappa shape index (κ2) is 9.07. The number of hydrogen-bond acceptors (Lipinski definition) is 5. The summed E-state index contributed by atoms with van der Waals surface area (Å²) in [5.41, 5.74) is 1.84. The SMILES string of the molecule is COC(=O)COC(=O)/C=C/c1c(C)nn(Cc2c(Cl)cccc2Cl)c1Cl. The first-order chi connectivity index (χ1) is 12.3. The van der Waals surface area contributed by atoms with Gasteiger partial charge in [-0.2, -0.15) is 5.10 Å². The number of rotatable bonds is 6.